The smallest absolute Gasteiger partial charge is 0.0683 e. The Hall–Kier alpha value is -0.160. The second-order valence-corrected chi connectivity index (χ2v) is 8.37. The van der Waals surface area contributed by atoms with E-state index in [1.807, 2.05) is 0 Å². The Bertz CT molecular complexity index is 300. The first kappa shape index (κ1) is 20.9. The Morgan fingerprint density at radius 2 is 1.57 bits per heavy atom. The number of nitrogens with two attached hydrogens (primary N) is 1. The van der Waals surface area contributed by atoms with E-state index in [1.54, 1.807) is 0 Å². The number of piperidine rings is 1. The molecular weight excluding hydrogens is 286 g/mol. The second kappa shape index (κ2) is 9.97. The lowest BCUT2D eigenvalue weighted by atomic mass is 9.79. The molecule has 0 aliphatic carbocycles. The predicted octanol–water partition coefficient (Wildman–Crippen LogP) is 3.85. The molecule has 0 unspecified atom stereocenters. The molecule has 4 nitrogen and oxygen atoms in total. The predicted molar refractivity (Wildman–Crippen MR) is 99.4 cm³/mol. The summed E-state index contributed by atoms with van der Waals surface area (Å²) in [6.45, 7) is 14.2. The molecule has 138 valence electrons. The summed E-state index contributed by atoms with van der Waals surface area (Å²) >= 11 is 0. The van der Waals surface area contributed by atoms with Gasteiger partial charge in [0.15, 0.2) is 0 Å². The Labute approximate surface area is 144 Å². The van der Waals surface area contributed by atoms with E-state index < -0.39 is 0 Å². The average molecular weight is 328 g/mol. The van der Waals surface area contributed by atoms with E-state index in [4.69, 9.17) is 10.6 Å². The van der Waals surface area contributed by atoms with Crippen LogP contribution in [0.25, 0.3) is 0 Å². The lowest BCUT2D eigenvalue weighted by molar-refractivity contribution is -0.283. The number of unbranched alkanes of at least 4 members (excludes halogenated alkanes) is 4. The van der Waals surface area contributed by atoms with E-state index in [1.165, 1.54) is 32.1 Å². The molecule has 23 heavy (non-hydrogen) atoms. The van der Waals surface area contributed by atoms with Crippen molar-refractivity contribution in [3.8, 4) is 0 Å². The highest BCUT2D eigenvalue weighted by atomic mass is 16.7. The zero-order valence-electron chi connectivity index (χ0n) is 16.3. The molecule has 3 N–H and O–H groups in total. The third-order valence-electron chi connectivity index (χ3n) is 4.83. The van der Waals surface area contributed by atoms with Crippen molar-refractivity contribution in [2.45, 2.75) is 103 Å². The number of hydroxylamine groups is 2. The van der Waals surface area contributed by atoms with Crippen molar-refractivity contribution >= 4 is 0 Å². The highest BCUT2D eigenvalue weighted by Crippen LogP contribution is 2.38. The molecule has 0 atom stereocenters. The third-order valence-corrected chi connectivity index (χ3v) is 4.83. The molecular formula is C19H41N3O. The van der Waals surface area contributed by atoms with E-state index in [-0.39, 0.29) is 11.1 Å². The maximum atomic E-state index is 6.09. The fourth-order valence-corrected chi connectivity index (χ4v) is 4.05. The second-order valence-electron chi connectivity index (χ2n) is 8.37. The van der Waals surface area contributed by atoms with Crippen LogP contribution in [0.5, 0.6) is 0 Å². The molecule has 0 aromatic heterocycles. The minimum Gasteiger partial charge on any atom is -0.330 e. The minimum atomic E-state index is 0.0791. The van der Waals surface area contributed by atoms with Gasteiger partial charge < -0.3 is 11.1 Å². The van der Waals surface area contributed by atoms with E-state index in [2.05, 4.69) is 45.0 Å². The average Bonchev–Trinajstić information content (AvgIpc) is 2.44. The molecule has 1 heterocycles. The van der Waals surface area contributed by atoms with Gasteiger partial charge in [0.05, 0.1) is 6.61 Å². The van der Waals surface area contributed by atoms with Crippen molar-refractivity contribution in [2.24, 2.45) is 5.73 Å². The van der Waals surface area contributed by atoms with Crippen LogP contribution in [0.1, 0.15) is 86.0 Å². The Morgan fingerprint density at radius 1 is 1.00 bits per heavy atom. The molecule has 4 heteroatoms. The lowest BCUT2D eigenvalue weighted by Gasteiger charge is -2.54. The molecule has 0 aromatic carbocycles. The fourth-order valence-electron chi connectivity index (χ4n) is 4.05. The molecule has 1 fully saturated rings. The molecule has 0 spiro atoms. The van der Waals surface area contributed by atoms with Crippen LogP contribution in [0, 0.1) is 0 Å². The lowest BCUT2D eigenvalue weighted by Crippen LogP contribution is -2.63. The van der Waals surface area contributed by atoms with Crippen molar-refractivity contribution in [3.63, 3.8) is 0 Å². The van der Waals surface area contributed by atoms with Gasteiger partial charge in [-0.25, -0.2) is 0 Å². The summed E-state index contributed by atoms with van der Waals surface area (Å²) in [5.41, 5.74) is 5.69. The Balaban J connectivity index is 2.37. The number of hydrogen-bond donors (Lipinski definition) is 2. The molecule has 0 amide bonds. The van der Waals surface area contributed by atoms with E-state index in [9.17, 15) is 0 Å². The highest BCUT2D eigenvalue weighted by Gasteiger charge is 2.46. The molecule has 0 radical (unpaired) electrons. The van der Waals surface area contributed by atoms with Gasteiger partial charge in [-0.1, -0.05) is 26.2 Å². The minimum absolute atomic E-state index is 0.0791. The molecule has 1 aliphatic rings. The SMILES string of the molecule is CCCON1C(C)(C)CC(NCCCCCCCN)CC1(C)C. The summed E-state index contributed by atoms with van der Waals surface area (Å²) in [7, 11) is 0. The van der Waals surface area contributed by atoms with Gasteiger partial charge in [0, 0.05) is 17.1 Å². The topological polar surface area (TPSA) is 50.5 Å². The van der Waals surface area contributed by atoms with Crippen molar-refractivity contribution in [1.82, 2.24) is 10.4 Å². The van der Waals surface area contributed by atoms with E-state index in [0.717, 1.165) is 39.0 Å². The quantitative estimate of drug-likeness (QED) is 0.566. The van der Waals surface area contributed by atoms with Crippen LogP contribution in [0.3, 0.4) is 0 Å². The van der Waals surface area contributed by atoms with E-state index >= 15 is 0 Å². The fraction of sp³-hybridized carbons (Fsp3) is 1.00. The monoisotopic (exact) mass is 327 g/mol. The zero-order valence-corrected chi connectivity index (χ0v) is 16.3. The van der Waals surface area contributed by atoms with Gasteiger partial charge in [0.25, 0.3) is 0 Å². The molecule has 0 bridgehead atoms. The molecule has 1 aliphatic heterocycles. The molecule has 1 rings (SSSR count). The number of hydrogen-bond acceptors (Lipinski definition) is 4. The van der Waals surface area contributed by atoms with Crippen LogP contribution >= 0.6 is 0 Å². The van der Waals surface area contributed by atoms with Gasteiger partial charge in [-0.2, -0.15) is 5.06 Å². The van der Waals surface area contributed by atoms with Crippen molar-refractivity contribution in [2.75, 3.05) is 19.7 Å². The summed E-state index contributed by atoms with van der Waals surface area (Å²) in [4.78, 5) is 6.09. The molecule has 0 aromatic rings. The van der Waals surface area contributed by atoms with E-state index in [0.29, 0.717) is 6.04 Å². The highest BCUT2D eigenvalue weighted by molar-refractivity contribution is 4.99. The summed E-state index contributed by atoms with van der Waals surface area (Å²) in [5, 5.41) is 6.05. The standard InChI is InChI=1S/C19H41N3O/c1-6-14-23-22-18(2,3)15-17(16-19(22,4)5)21-13-11-9-7-8-10-12-20/h17,21H,6-16,20H2,1-5H3. The largest absolute Gasteiger partial charge is 0.330 e. The van der Waals surface area contributed by atoms with Crippen LogP contribution < -0.4 is 11.1 Å². The molecule has 0 saturated carbocycles. The summed E-state index contributed by atoms with van der Waals surface area (Å²) in [5.74, 6) is 0. The van der Waals surface area contributed by atoms with Gasteiger partial charge in [0.2, 0.25) is 0 Å². The van der Waals surface area contributed by atoms with Crippen LogP contribution in [-0.2, 0) is 4.84 Å². The third kappa shape index (κ3) is 7.08. The summed E-state index contributed by atoms with van der Waals surface area (Å²) in [6.07, 6.45) is 9.72. The normalized spacial score (nSPS) is 21.7. The van der Waals surface area contributed by atoms with Crippen LogP contribution in [0.15, 0.2) is 0 Å². The first-order valence-electron chi connectivity index (χ1n) is 9.70. The van der Waals surface area contributed by atoms with Gasteiger partial charge in [-0.05, 0) is 72.9 Å². The number of nitrogens with one attached hydrogen (secondary N) is 1. The zero-order chi connectivity index (χ0) is 17.3. The van der Waals surface area contributed by atoms with Crippen molar-refractivity contribution in [3.05, 3.63) is 0 Å². The van der Waals surface area contributed by atoms with Crippen LogP contribution in [-0.4, -0.2) is 41.9 Å². The first-order chi connectivity index (χ1) is 10.8. The summed E-state index contributed by atoms with van der Waals surface area (Å²) < 4.78 is 0. The Morgan fingerprint density at radius 3 is 2.13 bits per heavy atom. The molecule has 1 saturated heterocycles. The van der Waals surface area contributed by atoms with Crippen LogP contribution in [0.2, 0.25) is 0 Å². The Kier molecular flexibility index (Phi) is 9.06. The number of rotatable bonds is 11. The maximum Gasteiger partial charge on any atom is 0.0683 e. The van der Waals surface area contributed by atoms with Crippen LogP contribution in [0.4, 0.5) is 0 Å². The van der Waals surface area contributed by atoms with Gasteiger partial charge in [-0.15, -0.1) is 0 Å². The number of nitrogens with zero attached hydrogens (tertiary/aromatic N) is 1. The summed E-state index contributed by atoms with van der Waals surface area (Å²) in [6, 6.07) is 0.588. The van der Waals surface area contributed by atoms with Gasteiger partial charge >= 0.3 is 0 Å². The first-order valence-corrected chi connectivity index (χ1v) is 9.70. The van der Waals surface area contributed by atoms with Crippen molar-refractivity contribution in [1.29, 1.82) is 0 Å². The van der Waals surface area contributed by atoms with Gasteiger partial charge in [-0.3, -0.25) is 4.84 Å². The maximum absolute atomic E-state index is 6.09. The van der Waals surface area contributed by atoms with Gasteiger partial charge in [0.1, 0.15) is 0 Å². The van der Waals surface area contributed by atoms with Crippen molar-refractivity contribution < 1.29 is 4.84 Å².